The number of hydrogen-bond acceptors (Lipinski definition) is 4. The van der Waals surface area contributed by atoms with Gasteiger partial charge in [-0.2, -0.15) is 10.5 Å². The van der Waals surface area contributed by atoms with E-state index in [0.717, 1.165) is 12.8 Å². The van der Waals surface area contributed by atoms with Gasteiger partial charge in [0.05, 0.1) is 5.69 Å². The largest absolute Gasteiger partial charge is 0.310 e. The van der Waals surface area contributed by atoms with Crippen molar-refractivity contribution >= 4 is 0 Å². The summed E-state index contributed by atoms with van der Waals surface area (Å²) in [5.41, 5.74) is 1.18. The predicted molar refractivity (Wildman–Crippen MR) is 72.8 cm³/mol. The topological polar surface area (TPSA) is 77.4 Å². The van der Waals surface area contributed by atoms with Gasteiger partial charge in [-0.3, -0.25) is 4.57 Å². The van der Waals surface area contributed by atoms with Gasteiger partial charge >= 0.3 is 0 Å². The SMILES string of the molecule is N#Cc1ncn(-c2cccc(F)c2CNC2CC2)c1C#N. The monoisotopic (exact) mass is 281 g/mol. The highest BCUT2D eigenvalue weighted by Crippen LogP contribution is 2.24. The minimum Gasteiger partial charge on any atom is -0.310 e. The van der Waals surface area contributed by atoms with Gasteiger partial charge in [0.15, 0.2) is 11.4 Å². The van der Waals surface area contributed by atoms with E-state index in [1.54, 1.807) is 12.1 Å². The standard InChI is InChI=1S/C15H12FN5/c16-12-2-1-3-14(11(12)8-19-10-4-5-10)21-9-20-13(6-17)15(21)7-18/h1-3,9-10,19H,4-5,8H2. The van der Waals surface area contributed by atoms with E-state index in [1.165, 1.54) is 17.0 Å². The molecule has 0 unspecified atom stereocenters. The highest BCUT2D eigenvalue weighted by Gasteiger charge is 2.22. The lowest BCUT2D eigenvalue weighted by Crippen LogP contribution is -2.18. The number of imidazole rings is 1. The second-order valence-electron chi connectivity index (χ2n) is 4.93. The van der Waals surface area contributed by atoms with Crippen molar-refractivity contribution in [2.45, 2.75) is 25.4 Å². The zero-order valence-electron chi connectivity index (χ0n) is 11.2. The molecule has 0 amide bonds. The summed E-state index contributed by atoms with van der Waals surface area (Å²) in [6.07, 6.45) is 3.60. The minimum atomic E-state index is -0.336. The van der Waals surface area contributed by atoms with Gasteiger partial charge in [-0.15, -0.1) is 0 Å². The number of halogens is 1. The number of nitrogens with zero attached hydrogens (tertiary/aromatic N) is 4. The first kappa shape index (κ1) is 13.3. The van der Waals surface area contributed by atoms with Crippen molar-refractivity contribution in [3.63, 3.8) is 0 Å². The fraction of sp³-hybridized carbons (Fsp3) is 0.267. The van der Waals surface area contributed by atoms with Crippen LogP contribution in [0.3, 0.4) is 0 Å². The summed E-state index contributed by atoms with van der Waals surface area (Å²) >= 11 is 0. The first-order valence-electron chi connectivity index (χ1n) is 6.63. The predicted octanol–water partition coefficient (Wildman–Crippen LogP) is 2.01. The van der Waals surface area contributed by atoms with E-state index >= 15 is 0 Å². The van der Waals surface area contributed by atoms with Crippen LogP contribution in [-0.4, -0.2) is 15.6 Å². The Kier molecular flexibility index (Phi) is 3.39. The molecule has 0 saturated heterocycles. The average molecular weight is 281 g/mol. The van der Waals surface area contributed by atoms with Crippen molar-refractivity contribution in [3.05, 3.63) is 47.3 Å². The Labute approximate surface area is 121 Å². The lowest BCUT2D eigenvalue weighted by molar-refractivity contribution is 0.584. The van der Waals surface area contributed by atoms with Crippen LogP contribution in [0.4, 0.5) is 4.39 Å². The molecule has 0 radical (unpaired) electrons. The van der Waals surface area contributed by atoms with Gasteiger partial charge in [-0.25, -0.2) is 9.37 Å². The molecule has 0 aliphatic heterocycles. The van der Waals surface area contributed by atoms with Gasteiger partial charge in [-0.05, 0) is 25.0 Å². The Balaban J connectivity index is 2.05. The first-order valence-corrected chi connectivity index (χ1v) is 6.63. The smallest absolute Gasteiger partial charge is 0.177 e. The number of benzene rings is 1. The van der Waals surface area contributed by atoms with Crippen molar-refractivity contribution < 1.29 is 4.39 Å². The van der Waals surface area contributed by atoms with E-state index in [4.69, 9.17) is 5.26 Å². The molecule has 0 atom stereocenters. The summed E-state index contributed by atoms with van der Waals surface area (Å²) in [5.74, 6) is -0.336. The molecule has 21 heavy (non-hydrogen) atoms. The molecule has 1 aromatic heterocycles. The van der Waals surface area contributed by atoms with Gasteiger partial charge in [0.25, 0.3) is 0 Å². The van der Waals surface area contributed by atoms with Gasteiger partial charge in [0, 0.05) is 18.2 Å². The lowest BCUT2D eigenvalue weighted by Gasteiger charge is -2.12. The number of rotatable bonds is 4. The van der Waals surface area contributed by atoms with Crippen molar-refractivity contribution in [1.82, 2.24) is 14.9 Å². The highest BCUT2D eigenvalue weighted by molar-refractivity contribution is 5.48. The molecular weight excluding hydrogens is 269 g/mol. The van der Waals surface area contributed by atoms with Crippen molar-refractivity contribution in [1.29, 1.82) is 10.5 Å². The molecule has 1 aliphatic carbocycles. The third-order valence-electron chi connectivity index (χ3n) is 3.48. The molecule has 1 aliphatic rings. The van der Waals surface area contributed by atoms with Gasteiger partial charge in [-0.1, -0.05) is 6.07 Å². The van der Waals surface area contributed by atoms with E-state index < -0.39 is 0 Å². The van der Waals surface area contributed by atoms with Crippen LogP contribution in [0, 0.1) is 28.5 Å². The van der Waals surface area contributed by atoms with Crippen LogP contribution in [0.2, 0.25) is 0 Å². The highest BCUT2D eigenvalue weighted by atomic mass is 19.1. The molecule has 1 N–H and O–H groups in total. The zero-order valence-corrected chi connectivity index (χ0v) is 11.2. The summed E-state index contributed by atoms with van der Waals surface area (Å²) in [4.78, 5) is 3.90. The van der Waals surface area contributed by atoms with E-state index in [2.05, 4.69) is 10.3 Å². The maximum absolute atomic E-state index is 14.1. The molecule has 2 aromatic rings. The summed E-state index contributed by atoms with van der Waals surface area (Å²) in [7, 11) is 0. The molecular formula is C15H12FN5. The van der Waals surface area contributed by atoms with Crippen LogP contribution in [-0.2, 0) is 6.54 Å². The van der Waals surface area contributed by atoms with Crippen LogP contribution in [0.25, 0.3) is 5.69 Å². The second-order valence-corrected chi connectivity index (χ2v) is 4.93. The summed E-state index contributed by atoms with van der Waals surface area (Å²) < 4.78 is 15.6. The van der Waals surface area contributed by atoms with E-state index in [1.807, 2.05) is 12.1 Å². The van der Waals surface area contributed by atoms with Crippen LogP contribution >= 0.6 is 0 Å². The Morgan fingerprint density at radius 3 is 2.81 bits per heavy atom. The fourth-order valence-electron chi connectivity index (χ4n) is 2.20. The maximum Gasteiger partial charge on any atom is 0.177 e. The van der Waals surface area contributed by atoms with E-state index in [0.29, 0.717) is 23.8 Å². The van der Waals surface area contributed by atoms with Gasteiger partial charge in [0.1, 0.15) is 24.3 Å². The summed E-state index contributed by atoms with van der Waals surface area (Å²) in [6, 6.07) is 8.96. The van der Waals surface area contributed by atoms with Crippen LogP contribution in [0.15, 0.2) is 24.5 Å². The summed E-state index contributed by atoms with van der Waals surface area (Å²) in [5, 5.41) is 21.4. The maximum atomic E-state index is 14.1. The number of hydrogen-bond donors (Lipinski definition) is 1. The Bertz CT molecular complexity index is 761. The number of aromatic nitrogens is 2. The van der Waals surface area contributed by atoms with Crippen LogP contribution < -0.4 is 5.32 Å². The van der Waals surface area contributed by atoms with Crippen molar-refractivity contribution in [3.8, 4) is 17.8 Å². The van der Waals surface area contributed by atoms with Gasteiger partial charge < -0.3 is 5.32 Å². The van der Waals surface area contributed by atoms with E-state index in [9.17, 15) is 9.65 Å². The molecule has 104 valence electrons. The minimum absolute atomic E-state index is 0.0443. The van der Waals surface area contributed by atoms with Crippen molar-refractivity contribution in [2.75, 3.05) is 0 Å². The number of nitrogens with one attached hydrogen (secondary N) is 1. The molecule has 0 spiro atoms. The second kappa shape index (κ2) is 5.35. The molecule has 1 heterocycles. The quantitative estimate of drug-likeness (QED) is 0.929. The van der Waals surface area contributed by atoms with Gasteiger partial charge in [0.2, 0.25) is 0 Å². The normalized spacial score (nSPS) is 13.7. The third kappa shape index (κ3) is 2.49. The Morgan fingerprint density at radius 1 is 1.33 bits per heavy atom. The van der Waals surface area contributed by atoms with Crippen molar-refractivity contribution in [2.24, 2.45) is 0 Å². The zero-order chi connectivity index (χ0) is 14.8. The van der Waals surface area contributed by atoms with Crippen LogP contribution in [0.1, 0.15) is 29.8 Å². The van der Waals surface area contributed by atoms with E-state index in [-0.39, 0.29) is 17.2 Å². The molecule has 1 fully saturated rings. The summed E-state index contributed by atoms with van der Waals surface area (Å²) in [6.45, 7) is 0.387. The molecule has 1 saturated carbocycles. The number of nitriles is 2. The Morgan fingerprint density at radius 2 is 2.14 bits per heavy atom. The molecule has 0 bridgehead atoms. The van der Waals surface area contributed by atoms with Crippen LogP contribution in [0.5, 0.6) is 0 Å². The lowest BCUT2D eigenvalue weighted by atomic mass is 10.1. The molecule has 1 aromatic carbocycles. The average Bonchev–Trinajstić information content (AvgIpc) is 3.23. The molecule has 5 nitrogen and oxygen atoms in total. The fourth-order valence-corrected chi connectivity index (χ4v) is 2.20. The molecule has 3 rings (SSSR count). The molecule has 6 heteroatoms. The first-order chi connectivity index (χ1) is 10.2. The third-order valence-corrected chi connectivity index (χ3v) is 3.48. The Hall–Kier alpha value is -2.70.